The Labute approximate surface area is 119 Å². The fourth-order valence-electron chi connectivity index (χ4n) is 1.79. The summed E-state index contributed by atoms with van der Waals surface area (Å²) in [6.07, 6.45) is 0. The Morgan fingerprint density at radius 2 is 1.45 bits per heavy atom. The fourth-order valence-corrected chi connectivity index (χ4v) is 1.79. The molecule has 0 saturated carbocycles. The van der Waals surface area contributed by atoms with Crippen molar-refractivity contribution in [2.45, 2.75) is 0 Å². The van der Waals surface area contributed by atoms with E-state index in [1.807, 2.05) is 4.98 Å². The van der Waals surface area contributed by atoms with Gasteiger partial charge >= 0.3 is 5.97 Å². The fraction of sp³-hybridized carbons (Fsp3) is 0.0769. The van der Waals surface area contributed by atoms with Crippen LogP contribution >= 0.6 is 0 Å². The molecule has 0 radical (unpaired) electrons. The van der Waals surface area contributed by atoms with Crippen LogP contribution < -0.4 is 5.56 Å². The van der Waals surface area contributed by atoms with Gasteiger partial charge in [-0.3, -0.25) is 4.79 Å². The van der Waals surface area contributed by atoms with E-state index >= 15 is 0 Å². The molecule has 1 heterocycles. The molecule has 0 aliphatic rings. The molecule has 0 spiro atoms. The number of carbonyl (C=O) groups excluding carboxylic acids is 1. The van der Waals surface area contributed by atoms with E-state index in [0.29, 0.717) is 0 Å². The number of methoxy groups -OCH3 is 1. The number of carbonyl (C=O) groups is 1. The van der Waals surface area contributed by atoms with Crippen LogP contribution in [-0.2, 0) is 4.74 Å². The van der Waals surface area contributed by atoms with Gasteiger partial charge < -0.3 is 9.72 Å². The Balaban J connectivity index is 2.89. The van der Waals surface area contributed by atoms with Gasteiger partial charge in [0.1, 0.15) is 5.69 Å². The standard InChI is InChI=1S/C13H6F5NO3/c1-22-13(21)12-4(2-3-5(20)19-12)6-7(14)9(16)11(18)10(17)8(6)15/h2-3H,1H3,(H,19,20). The summed E-state index contributed by atoms with van der Waals surface area (Å²) in [4.78, 5) is 24.6. The van der Waals surface area contributed by atoms with Crippen LogP contribution in [0.25, 0.3) is 11.1 Å². The quantitative estimate of drug-likeness (QED) is 0.400. The molecule has 0 amide bonds. The topological polar surface area (TPSA) is 59.2 Å². The van der Waals surface area contributed by atoms with E-state index in [4.69, 9.17) is 0 Å². The first-order valence-corrected chi connectivity index (χ1v) is 5.63. The van der Waals surface area contributed by atoms with Crippen LogP contribution in [0.4, 0.5) is 22.0 Å². The highest BCUT2D eigenvalue weighted by Crippen LogP contribution is 2.32. The number of aromatic amines is 1. The van der Waals surface area contributed by atoms with Crippen LogP contribution in [0.3, 0.4) is 0 Å². The van der Waals surface area contributed by atoms with Crippen LogP contribution in [-0.4, -0.2) is 18.1 Å². The number of hydrogen-bond donors (Lipinski definition) is 1. The van der Waals surface area contributed by atoms with Crippen molar-refractivity contribution in [2.24, 2.45) is 0 Å². The molecular weight excluding hydrogens is 313 g/mol. The van der Waals surface area contributed by atoms with Crippen molar-refractivity contribution in [3.05, 3.63) is 57.3 Å². The van der Waals surface area contributed by atoms with E-state index in [-0.39, 0.29) is 0 Å². The third-order valence-electron chi connectivity index (χ3n) is 2.79. The highest BCUT2D eigenvalue weighted by molar-refractivity contribution is 5.95. The molecule has 0 fully saturated rings. The lowest BCUT2D eigenvalue weighted by molar-refractivity contribution is 0.0594. The predicted octanol–water partition coefficient (Wildman–Crippen LogP) is 2.52. The van der Waals surface area contributed by atoms with E-state index < -0.39 is 57.4 Å². The van der Waals surface area contributed by atoms with E-state index in [9.17, 15) is 31.5 Å². The number of nitrogens with one attached hydrogen (secondary N) is 1. The third kappa shape index (κ3) is 2.34. The number of benzene rings is 1. The van der Waals surface area contributed by atoms with Gasteiger partial charge in [0.2, 0.25) is 11.4 Å². The number of aromatic nitrogens is 1. The van der Waals surface area contributed by atoms with Crippen molar-refractivity contribution in [3.8, 4) is 11.1 Å². The second-order valence-electron chi connectivity index (χ2n) is 4.05. The molecule has 0 unspecified atom stereocenters. The van der Waals surface area contributed by atoms with Crippen molar-refractivity contribution in [1.82, 2.24) is 4.98 Å². The average Bonchev–Trinajstić information content (AvgIpc) is 2.51. The van der Waals surface area contributed by atoms with Gasteiger partial charge in [-0.2, -0.15) is 0 Å². The largest absolute Gasteiger partial charge is 0.464 e. The monoisotopic (exact) mass is 319 g/mol. The number of hydrogen-bond acceptors (Lipinski definition) is 3. The minimum Gasteiger partial charge on any atom is -0.464 e. The number of H-pyrrole nitrogens is 1. The zero-order chi connectivity index (χ0) is 16.6. The Morgan fingerprint density at radius 3 is 1.95 bits per heavy atom. The van der Waals surface area contributed by atoms with Crippen LogP contribution in [0.5, 0.6) is 0 Å². The lowest BCUT2D eigenvalue weighted by Gasteiger charge is -2.11. The molecule has 0 aliphatic heterocycles. The molecule has 2 rings (SSSR count). The maximum Gasteiger partial charge on any atom is 0.355 e. The molecule has 2 aromatic rings. The SMILES string of the molecule is COC(=O)c1[nH]c(=O)ccc1-c1c(F)c(F)c(F)c(F)c1F. The Morgan fingerprint density at radius 1 is 0.955 bits per heavy atom. The molecule has 4 nitrogen and oxygen atoms in total. The first-order valence-electron chi connectivity index (χ1n) is 5.63. The summed E-state index contributed by atoms with van der Waals surface area (Å²) in [7, 11) is 0.913. The first-order chi connectivity index (χ1) is 10.3. The van der Waals surface area contributed by atoms with Gasteiger partial charge in [-0.15, -0.1) is 0 Å². The van der Waals surface area contributed by atoms with Crippen LogP contribution in [0.15, 0.2) is 16.9 Å². The molecule has 1 N–H and O–H groups in total. The summed E-state index contributed by atoms with van der Waals surface area (Å²) in [5.74, 6) is -12.1. The Kier molecular flexibility index (Phi) is 3.98. The van der Waals surface area contributed by atoms with E-state index in [1.54, 1.807) is 0 Å². The van der Waals surface area contributed by atoms with Crippen molar-refractivity contribution < 1.29 is 31.5 Å². The summed E-state index contributed by atoms with van der Waals surface area (Å²) in [5.41, 5.74) is -3.60. The van der Waals surface area contributed by atoms with Crippen molar-refractivity contribution in [1.29, 1.82) is 0 Å². The lowest BCUT2D eigenvalue weighted by atomic mass is 10.0. The van der Waals surface area contributed by atoms with Crippen molar-refractivity contribution >= 4 is 5.97 Å². The van der Waals surface area contributed by atoms with Crippen LogP contribution in [0.2, 0.25) is 0 Å². The van der Waals surface area contributed by atoms with Gasteiger partial charge in [0, 0.05) is 11.6 Å². The lowest BCUT2D eigenvalue weighted by Crippen LogP contribution is -2.16. The predicted molar refractivity (Wildman–Crippen MR) is 63.6 cm³/mol. The molecule has 116 valence electrons. The zero-order valence-corrected chi connectivity index (χ0v) is 10.8. The molecular formula is C13H6F5NO3. The van der Waals surface area contributed by atoms with Gasteiger partial charge in [0.05, 0.1) is 12.7 Å². The van der Waals surface area contributed by atoms with Crippen LogP contribution in [0, 0.1) is 29.1 Å². The normalized spacial score (nSPS) is 10.6. The Hall–Kier alpha value is -2.71. The van der Waals surface area contributed by atoms with E-state index in [2.05, 4.69) is 4.74 Å². The third-order valence-corrected chi connectivity index (χ3v) is 2.79. The van der Waals surface area contributed by atoms with Gasteiger partial charge in [-0.1, -0.05) is 0 Å². The molecule has 0 saturated heterocycles. The van der Waals surface area contributed by atoms with Gasteiger partial charge in [0.15, 0.2) is 23.3 Å². The molecule has 0 bridgehead atoms. The molecule has 0 atom stereocenters. The molecule has 9 heteroatoms. The van der Waals surface area contributed by atoms with Crippen LogP contribution in [0.1, 0.15) is 10.5 Å². The van der Waals surface area contributed by atoms with Gasteiger partial charge in [0.25, 0.3) is 0 Å². The highest BCUT2D eigenvalue weighted by Gasteiger charge is 2.29. The number of halogens is 5. The number of pyridine rings is 1. The average molecular weight is 319 g/mol. The highest BCUT2D eigenvalue weighted by atomic mass is 19.2. The minimum absolute atomic E-state index is 0.695. The summed E-state index contributed by atoms with van der Waals surface area (Å²) in [5, 5.41) is 0. The van der Waals surface area contributed by atoms with Gasteiger partial charge in [-0.05, 0) is 6.07 Å². The van der Waals surface area contributed by atoms with Gasteiger partial charge in [-0.25, -0.2) is 26.7 Å². The molecule has 22 heavy (non-hydrogen) atoms. The summed E-state index contributed by atoms with van der Waals surface area (Å²) in [6.45, 7) is 0. The minimum atomic E-state index is -2.33. The van der Waals surface area contributed by atoms with Crippen molar-refractivity contribution in [2.75, 3.05) is 7.11 Å². The number of rotatable bonds is 2. The molecule has 1 aromatic carbocycles. The van der Waals surface area contributed by atoms with E-state index in [1.165, 1.54) is 0 Å². The summed E-state index contributed by atoms with van der Waals surface area (Å²) in [6, 6.07) is 1.52. The maximum absolute atomic E-state index is 13.8. The van der Waals surface area contributed by atoms with E-state index in [0.717, 1.165) is 19.2 Å². The second-order valence-corrected chi connectivity index (χ2v) is 4.05. The smallest absolute Gasteiger partial charge is 0.355 e. The molecule has 1 aromatic heterocycles. The number of esters is 1. The summed E-state index contributed by atoms with van der Waals surface area (Å²) >= 11 is 0. The first kappa shape index (κ1) is 15.7. The number of ether oxygens (including phenoxy) is 1. The maximum atomic E-state index is 13.8. The molecule has 0 aliphatic carbocycles. The summed E-state index contributed by atoms with van der Waals surface area (Å²) < 4.78 is 71.3. The van der Waals surface area contributed by atoms with Crippen molar-refractivity contribution in [3.63, 3.8) is 0 Å². The Bertz CT molecular complexity index is 802. The zero-order valence-electron chi connectivity index (χ0n) is 10.8. The second kappa shape index (κ2) is 5.58.